The van der Waals surface area contributed by atoms with Gasteiger partial charge in [0.25, 0.3) is 0 Å². The molecule has 2 aromatic carbocycles. The smallest absolute Gasteiger partial charge is 0.226 e. The summed E-state index contributed by atoms with van der Waals surface area (Å²) < 4.78 is 6.59. The van der Waals surface area contributed by atoms with Crippen LogP contribution in [0.4, 0.5) is 11.4 Å². The number of nitrogens with one attached hydrogen (secondary N) is 2. The molecule has 4 nitrogen and oxygen atoms in total. The number of amides is 1. The second-order valence-corrected chi connectivity index (χ2v) is 6.73. The van der Waals surface area contributed by atoms with Gasteiger partial charge in [0.15, 0.2) is 0 Å². The summed E-state index contributed by atoms with van der Waals surface area (Å²) in [6.45, 7) is 6.58. The zero-order valence-electron chi connectivity index (χ0n) is 14.2. The summed E-state index contributed by atoms with van der Waals surface area (Å²) in [5.74, 6) is 0.830. The molecular weight excluding hydrogens is 368 g/mol. The molecule has 2 aromatic rings. The van der Waals surface area contributed by atoms with Crippen molar-refractivity contribution in [3.8, 4) is 5.75 Å². The number of anilines is 2. The highest BCUT2D eigenvalue weighted by atomic mass is 79.9. The van der Waals surface area contributed by atoms with Gasteiger partial charge in [-0.1, -0.05) is 22.0 Å². The summed E-state index contributed by atoms with van der Waals surface area (Å²) in [7, 11) is 0. The van der Waals surface area contributed by atoms with Crippen molar-refractivity contribution >= 4 is 33.2 Å². The molecule has 0 bridgehead atoms. The third-order valence-corrected chi connectivity index (χ3v) is 4.22. The van der Waals surface area contributed by atoms with Gasteiger partial charge in [0.2, 0.25) is 5.91 Å². The fraction of sp³-hybridized carbons (Fsp3) is 0.316. The topological polar surface area (TPSA) is 50.4 Å². The summed E-state index contributed by atoms with van der Waals surface area (Å²) in [6, 6.07) is 13.5. The fourth-order valence-electron chi connectivity index (χ4n) is 2.14. The number of rotatable bonds is 7. The van der Waals surface area contributed by atoms with E-state index in [9.17, 15) is 4.79 Å². The summed E-state index contributed by atoms with van der Waals surface area (Å²) in [6.07, 6.45) is 0.560. The molecule has 0 heterocycles. The lowest BCUT2D eigenvalue weighted by molar-refractivity contribution is -0.115. The van der Waals surface area contributed by atoms with E-state index in [2.05, 4.69) is 26.6 Å². The minimum Gasteiger partial charge on any atom is -0.491 e. The Morgan fingerprint density at radius 3 is 2.42 bits per heavy atom. The molecule has 0 unspecified atom stereocenters. The molecule has 0 saturated carbocycles. The summed E-state index contributed by atoms with van der Waals surface area (Å²) in [5, 5.41) is 6.13. The van der Waals surface area contributed by atoms with Crippen LogP contribution in [0.2, 0.25) is 0 Å². The van der Waals surface area contributed by atoms with Crippen molar-refractivity contribution in [1.82, 2.24) is 0 Å². The molecule has 2 N–H and O–H groups in total. The minimum atomic E-state index is -0.0157. The lowest BCUT2D eigenvalue weighted by Crippen LogP contribution is -2.16. The Bertz CT molecular complexity index is 684. The van der Waals surface area contributed by atoms with Gasteiger partial charge in [0, 0.05) is 28.8 Å². The van der Waals surface area contributed by atoms with Gasteiger partial charge in [-0.05, 0) is 62.7 Å². The highest BCUT2D eigenvalue weighted by Crippen LogP contribution is 2.21. The van der Waals surface area contributed by atoms with Crippen molar-refractivity contribution in [2.24, 2.45) is 0 Å². The molecule has 0 saturated heterocycles. The van der Waals surface area contributed by atoms with Crippen molar-refractivity contribution in [3.05, 3.63) is 52.5 Å². The van der Waals surface area contributed by atoms with Crippen LogP contribution in [0.15, 0.2) is 46.9 Å². The van der Waals surface area contributed by atoms with Crippen LogP contribution in [-0.4, -0.2) is 18.6 Å². The van der Waals surface area contributed by atoms with Crippen LogP contribution in [0.25, 0.3) is 0 Å². The molecule has 0 radical (unpaired) electrons. The Morgan fingerprint density at radius 2 is 1.79 bits per heavy atom. The van der Waals surface area contributed by atoms with Gasteiger partial charge in [-0.3, -0.25) is 4.79 Å². The molecule has 2 rings (SSSR count). The Hall–Kier alpha value is -2.01. The van der Waals surface area contributed by atoms with Crippen molar-refractivity contribution in [1.29, 1.82) is 0 Å². The Morgan fingerprint density at radius 1 is 1.12 bits per heavy atom. The summed E-state index contributed by atoms with van der Waals surface area (Å²) >= 11 is 3.47. The first-order valence-corrected chi connectivity index (χ1v) is 8.80. The Kier molecular flexibility index (Phi) is 6.67. The van der Waals surface area contributed by atoms with E-state index in [0.717, 1.165) is 27.2 Å². The summed E-state index contributed by atoms with van der Waals surface area (Å²) in [4.78, 5) is 12.0. The number of hydrogen-bond donors (Lipinski definition) is 2. The maximum absolute atomic E-state index is 12.0. The largest absolute Gasteiger partial charge is 0.491 e. The monoisotopic (exact) mass is 390 g/mol. The second kappa shape index (κ2) is 8.73. The third-order valence-electron chi connectivity index (χ3n) is 3.36. The van der Waals surface area contributed by atoms with E-state index < -0.39 is 0 Å². The first-order valence-electron chi connectivity index (χ1n) is 8.00. The molecule has 0 aliphatic carbocycles. The normalized spacial score (nSPS) is 10.5. The van der Waals surface area contributed by atoms with E-state index in [1.54, 1.807) is 0 Å². The average Bonchev–Trinajstić information content (AvgIpc) is 2.52. The van der Waals surface area contributed by atoms with E-state index >= 15 is 0 Å². The lowest BCUT2D eigenvalue weighted by atomic mass is 10.2. The maximum atomic E-state index is 12.0. The van der Waals surface area contributed by atoms with Gasteiger partial charge < -0.3 is 15.4 Å². The maximum Gasteiger partial charge on any atom is 0.226 e. The van der Waals surface area contributed by atoms with Crippen LogP contribution >= 0.6 is 15.9 Å². The van der Waals surface area contributed by atoms with Crippen molar-refractivity contribution < 1.29 is 9.53 Å². The molecule has 0 atom stereocenters. The standard InChI is InChI=1S/C19H23BrN2O2/c1-13(2)24-17-8-6-15(7-9-17)21-11-10-19(23)22-16-5-4-14(3)18(20)12-16/h4-9,12-13,21H,10-11H2,1-3H3,(H,22,23). The zero-order valence-corrected chi connectivity index (χ0v) is 15.8. The quantitative estimate of drug-likeness (QED) is 0.700. The summed E-state index contributed by atoms with van der Waals surface area (Å²) in [5.41, 5.74) is 2.91. The van der Waals surface area contributed by atoms with Gasteiger partial charge in [-0.2, -0.15) is 0 Å². The number of hydrogen-bond acceptors (Lipinski definition) is 3. The van der Waals surface area contributed by atoms with E-state index in [1.165, 1.54) is 0 Å². The molecule has 1 amide bonds. The Balaban J connectivity index is 1.76. The third kappa shape index (κ3) is 5.89. The van der Waals surface area contributed by atoms with Gasteiger partial charge in [-0.15, -0.1) is 0 Å². The molecule has 0 fully saturated rings. The Labute approximate surface area is 151 Å². The van der Waals surface area contributed by atoms with Gasteiger partial charge in [0.05, 0.1) is 6.10 Å². The zero-order chi connectivity index (χ0) is 17.5. The van der Waals surface area contributed by atoms with Crippen LogP contribution in [0.5, 0.6) is 5.75 Å². The SMILES string of the molecule is Cc1ccc(NC(=O)CCNc2ccc(OC(C)C)cc2)cc1Br. The molecule has 0 spiro atoms. The van der Waals surface area contributed by atoms with Gasteiger partial charge in [-0.25, -0.2) is 0 Å². The van der Waals surface area contributed by atoms with E-state index in [4.69, 9.17) is 4.74 Å². The predicted molar refractivity (Wildman–Crippen MR) is 103 cm³/mol. The number of ether oxygens (including phenoxy) is 1. The molecule has 5 heteroatoms. The van der Waals surface area contributed by atoms with Crippen molar-refractivity contribution in [2.45, 2.75) is 33.3 Å². The first-order chi connectivity index (χ1) is 11.4. The van der Waals surface area contributed by atoms with Crippen LogP contribution < -0.4 is 15.4 Å². The molecular formula is C19H23BrN2O2. The lowest BCUT2D eigenvalue weighted by Gasteiger charge is -2.11. The van der Waals surface area contributed by atoms with E-state index in [0.29, 0.717) is 13.0 Å². The highest BCUT2D eigenvalue weighted by Gasteiger charge is 2.04. The molecule has 0 aliphatic rings. The number of halogens is 1. The minimum absolute atomic E-state index is 0.0157. The number of carbonyl (C=O) groups excluding carboxylic acids is 1. The predicted octanol–water partition coefficient (Wildman–Crippen LogP) is 4.99. The molecule has 0 aliphatic heterocycles. The number of aryl methyl sites for hydroxylation is 1. The van der Waals surface area contributed by atoms with Crippen LogP contribution in [0, 0.1) is 6.92 Å². The average molecular weight is 391 g/mol. The van der Waals surface area contributed by atoms with E-state index in [-0.39, 0.29) is 12.0 Å². The van der Waals surface area contributed by atoms with Crippen LogP contribution in [0.1, 0.15) is 25.8 Å². The number of benzene rings is 2. The molecule has 128 valence electrons. The highest BCUT2D eigenvalue weighted by molar-refractivity contribution is 9.10. The second-order valence-electron chi connectivity index (χ2n) is 5.88. The molecule has 0 aromatic heterocycles. The van der Waals surface area contributed by atoms with Gasteiger partial charge in [0.1, 0.15) is 5.75 Å². The van der Waals surface area contributed by atoms with E-state index in [1.807, 2.05) is 63.2 Å². The van der Waals surface area contributed by atoms with Crippen LogP contribution in [0.3, 0.4) is 0 Å². The van der Waals surface area contributed by atoms with Crippen LogP contribution in [-0.2, 0) is 4.79 Å². The van der Waals surface area contributed by atoms with Crippen molar-refractivity contribution in [3.63, 3.8) is 0 Å². The van der Waals surface area contributed by atoms with Crippen molar-refractivity contribution in [2.75, 3.05) is 17.2 Å². The van der Waals surface area contributed by atoms with Gasteiger partial charge >= 0.3 is 0 Å². The number of carbonyl (C=O) groups is 1. The first kappa shape index (κ1) is 18.3. The fourth-order valence-corrected chi connectivity index (χ4v) is 2.52. The molecule has 24 heavy (non-hydrogen) atoms.